The molecule has 5 rings (SSSR count). The van der Waals surface area contributed by atoms with Gasteiger partial charge in [0.15, 0.2) is 0 Å². The Morgan fingerprint density at radius 1 is 0.719 bits per heavy atom. The number of hydrogen-bond donors (Lipinski definition) is 7. The number of pyridine rings is 1. The maximum Gasteiger partial charge on any atom is 1.00 e. The van der Waals surface area contributed by atoms with Crippen molar-refractivity contribution in [3.05, 3.63) is 91.3 Å². The van der Waals surface area contributed by atoms with Crippen LogP contribution in [0.15, 0.2) is 91.3 Å². The maximum absolute atomic E-state index is 11.3. The van der Waals surface area contributed by atoms with Crippen molar-refractivity contribution in [1.82, 2.24) is 15.6 Å². The molecule has 10 atom stereocenters. The van der Waals surface area contributed by atoms with Crippen LogP contribution < -0.4 is 49.7 Å². The van der Waals surface area contributed by atoms with E-state index in [2.05, 4.69) is 19.8 Å². The average molecular weight is 856 g/mol. The van der Waals surface area contributed by atoms with Crippen LogP contribution in [0.1, 0.15) is 13.8 Å². The summed E-state index contributed by atoms with van der Waals surface area (Å²) in [5, 5.41) is 54.3. The summed E-state index contributed by atoms with van der Waals surface area (Å²) >= 11 is 0. The molecule has 1 aromatic heterocycles. The number of benzene rings is 2. The molecule has 0 radical (unpaired) electrons. The Bertz CT molecular complexity index is 1790. The van der Waals surface area contributed by atoms with Crippen molar-refractivity contribution >= 4 is 32.8 Å². The molecule has 2 saturated heterocycles. The number of ether oxygens (including phenoxy) is 4. The monoisotopic (exact) mass is 855 g/mol. The van der Waals surface area contributed by atoms with E-state index in [1.54, 1.807) is 67.0 Å². The van der Waals surface area contributed by atoms with Gasteiger partial charge in [0.25, 0.3) is 0 Å². The predicted molar refractivity (Wildman–Crippen MR) is 187 cm³/mol. The first kappa shape index (κ1) is 51.4. The Morgan fingerprint density at radius 2 is 1.09 bits per heavy atom. The number of nitrogens with zero attached hydrogens (tertiary/aromatic N) is 1. The van der Waals surface area contributed by atoms with Crippen LogP contribution in [-0.2, 0) is 44.3 Å². The number of aliphatic hydroxyl groups excluding tert-OH is 5. The average Bonchev–Trinajstić information content (AvgIpc) is 3.15. The molecular weight excluding hydrogens is 813 g/mol. The number of rotatable bonds is 10. The van der Waals surface area contributed by atoms with E-state index in [9.17, 15) is 48.1 Å². The number of amides is 2. The fourth-order valence-corrected chi connectivity index (χ4v) is 5.16. The van der Waals surface area contributed by atoms with Crippen molar-refractivity contribution in [2.24, 2.45) is 0 Å². The summed E-state index contributed by atoms with van der Waals surface area (Å²) in [6.45, 7) is 1.21. The summed E-state index contributed by atoms with van der Waals surface area (Å²) in [6.07, 6.45) is -6.92. The van der Waals surface area contributed by atoms with E-state index < -0.39 is 101 Å². The molecule has 0 saturated carbocycles. The Hall–Kier alpha value is -3.66. The first-order valence-electron chi connectivity index (χ1n) is 16.3. The van der Waals surface area contributed by atoms with Crippen molar-refractivity contribution in [3.8, 4) is 11.5 Å². The SMILES string of the molecule is CC(=O)N[C@@H]1C(Oc2ccccc2)OC(CO)[C@H](O)[C@@H]1O.CC(=O)N[C@@H]1C(Oc2ccccc2)OC(COS(=O)(=O)[O-])[C@H](O)[C@@H]1O.O=S(=O)=O.[Na+].c1ccncc1. The van der Waals surface area contributed by atoms with Gasteiger partial charge in [-0.05, 0) is 36.4 Å². The molecule has 7 N–H and O–H groups in total. The third-order valence-corrected chi connectivity index (χ3v) is 7.68. The van der Waals surface area contributed by atoms with E-state index in [-0.39, 0.29) is 35.5 Å². The Morgan fingerprint density at radius 3 is 1.40 bits per heavy atom. The maximum atomic E-state index is 11.3. The van der Waals surface area contributed by atoms with Crippen LogP contribution in [0.25, 0.3) is 0 Å². The zero-order valence-electron chi connectivity index (χ0n) is 30.7. The van der Waals surface area contributed by atoms with Crippen molar-refractivity contribution in [3.63, 3.8) is 0 Å². The minimum absolute atomic E-state index is 0. The topological polar surface area (TPSA) is 327 Å². The second kappa shape index (κ2) is 26.4. The van der Waals surface area contributed by atoms with Crippen molar-refractivity contribution in [2.45, 2.75) is 75.1 Å². The second-order valence-electron chi connectivity index (χ2n) is 11.5. The molecule has 0 bridgehead atoms. The van der Waals surface area contributed by atoms with Gasteiger partial charge in [-0.1, -0.05) is 42.5 Å². The Balaban J connectivity index is 0.000000455. The van der Waals surface area contributed by atoms with E-state index in [0.717, 1.165) is 0 Å². The van der Waals surface area contributed by atoms with Crippen molar-refractivity contribution in [2.75, 3.05) is 13.2 Å². The molecule has 3 aromatic rings. The van der Waals surface area contributed by atoms with Crippen LogP contribution in [0.3, 0.4) is 0 Å². The van der Waals surface area contributed by atoms with Crippen LogP contribution >= 0.6 is 0 Å². The van der Waals surface area contributed by atoms with E-state index in [4.69, 9.17) is 31.6 Å². The molecule has 21 nitrogen and oxygen atoms in total. The van der Waals surface area contributed by atoms with Gasteiger partial charge in [-0.3, -0.25) is 18.8 Å². The summed E-state index contributed by atoms with van der Waals surface area (Å²) in [7, 11) is -8.12. The number of aliphatic hydroxyl groups is 5. The molecule has 2 aromatic carbocycles. The Kier molecular flexibility index (Phi) is 23.8. The van der Waals surface area contributed by atoms with E-state index in [1.165, 1.54) is 13.8 Å². The van der Waals surface area contributed by atoms with Gasteiger partial charge in [-0.25, -0.2) is 8.42 Å². The molecule has 4 unspecified atom stereocenters. The summed E-state index contributed by atoms with van der Waals surface area (Å²) in [5.41, 5.74) is 0. The first-order valence-corrected chi connectivity index (χ1v) is 18.6. The van der Waals surface area contributed by atoms with Gasteiger partial charge in [0, 0.05) is 26.2 Å². The second-order valence-corrected chi connectivity index (χ2v) is 12.9. The quantitative estimate of drug-likeness (QED) is 0.0568. The molecule has 2 aliphatic rings. The molecule has 24 heteroatoms. The van der Waals surface area contributed by atoms with E-state index in [0.29, 0.717) is 11.5 Å². The zero-order valence-corrected chi connectivity index (χ0v) is 34.3. The van der Waals surface area contributed by atoms with Gasteiger partial charge in [-0.2, -0.15) is 0 Å². The molecule has 2 amide bonds. The van der Waals surface area contributed by atoms with Crippen LogP contribution in [0, 0.1) is 0 Å². The summed E-state index contributed by atoms with van der Waals surface area (Å²) < 4.78 is 83.2. The normalized spacial score (nSPS) is 26.3. The number of hydrogen-bond acceptors (Lipinski definition) is 19. The first-order chi connectivity index (χ1) is 26.4. The van der Waals surface area contributed by atoms with Crippen LogP contribution in [0.5, 0.6) is 11.5 Å². The van der Waals surface area contributed by atoms with Gasteiger partial charge >= 0.3 is 40.2 Å². The molecule has 2 aliphatic heterocycles. The fourth-order valence-electron chi connectivity index (χ4n) is 4.86. The predicted octanol–water partition coefficient (Wildman–Crippen LogP) is -5.42. The third kappa shape index (κ3) is 19.6. The van der Waals surface area contributed by atoms with Crippen LogP contribution in [0.2, 0.25) is 0 Å². The number of nitrogens with one attached hydrogen (secondary N) is 2. The largest absolute Gasteiger partial charge is 1.00 e. The summed E-state index contributed by atoms with van der Waals surface area (Å²) in [4.78, 5) is 26.4. The third-order valence-electron chi connectivity index (χ3n) is 7.26. The van der Waals surface area contributed by atoms with Gasteiger partial charge in [-0.15, -0.1) is 12.6 Å². The smallest absolute Gasteiger partial charge is 0.726 e. The molecular formula is C33H42N3NaO18S2. The fraction of sp³-hybridized carbons (Fsp3) is 0.424. The number of carbonyl (C=O) groups is 2. The standard InChI is InChI=1S/C14H19NO9S.C14H19NO6.C5H5N.Na.O3S/c1-8(16)15-11-13(18)12(17)10(7-22-25(19,20)21)24-14(11)23-9-5-3-2-4-6-9;1-8(17)15-11-13(19)12(18)10(7-16)21-14(11)20-9-5-3-2-4-6-9;1-2-4-6-5-3-1;;1-4(2)3/h2-6,10-14,17-18H,7H2,1H3,(H,15,16)(H,19,20,21);2-6,10-14,16,18-19H,7H2,1H3,(H,15,17);1-5H;;/q;;;+1;/p-1/t2*10?,11-,12-,13+,14?;;;/m00.../s1. The minimum atomic E-state index is -5.01. The van der Waals surface area contributed by atoms with Gasteiger partial charge in [0.05, 0.1) is 13.2 Å². The van der Waals surface area contributed by atoms with E-state index in [1.807, 2.05) is 24.3 Å². The van der Waals surface area contributed by atoms with E-state index >= 15 is 0 Å². The van der Waals surface area contributed by atoms with Gasteiger partial charge in [0.2, 0.25) is 34.8 Å². The number of aromatic nitrogens is 1. The molecule has 0 aliphatic carbocycles. The van der Waals surface area contributed by atoms with Crippen LogP contribution in [0.4, 0.5) is 0 Å². The number of carbonyl (C=O) groups excluding carboxylic acids is 2. The molecule has 310 valence electrons. The molecule has 0 spiro atoms. The van der Waals surface area contributed by atoms with Crippen molar-refractivity contribution < 1.29 is 113 Å². The van der Waals surface area contributed by atoms with Crippen LogP contribution in [-0.4, -0.2) is 142 Å². The van der Waals surface area contributed by atoms with Gasteiger partial charge in [0.1, 0.15) is 60.2 Å². The van der Waals surface area contributed by atoms with Crippen molar-refractivity contribution in [1.29, 1.82) is 0 Å². The molecule has 57 heavy (non-hydrogen) atoms. The zero-order chi connectivity index (χ0) is 41.8. The van der Waals surface area contributed by atoms with Gasteiger partial charge < -0.3 is 59.7 Å². The molecule has 3 heterocycles. The summed E-state index contributed by atoms with van der Waals surface area (Å²) in [6, 6.07) is 20.7. The Labute approximate surface area is 351 Å². The molecule has 2 fully saturated rings. The summed E-state index contributed by atoms with van der Waals surface area (Å²) in [5.74, 6) is -0.0574. The minimum Gasteiger partial charge on any atom is -0.726 e. The number of para-hydroxylation sites is 2.